The minimum Gasteiger partial charge on any atom is -0.493 e. The van der Waals surface area contributed by atoms with Crippen LogP contribution in [0.2, 0.25) is 0 Å². The first-order valence-electron chi connectivity index (χ1n) is 9.45. The van der Waals surface area contributed by atoms with Crippen LogP contribution in [0, 0.1) is 13.8 Å². The SMILES string of the molecule is CCOC(=O)Cn1c(=NC(=O)c2ccc(C)cc2C)sc2cc(OC)c(OC)cc21. The number of esters is 1. The molecule has 158 valence electrons. The molecule has 0 saturated heterocycles. The molecule has 7 nitrogen and oxygen atoms in total. The zero-order valence-corrected chi connectivity index (χ0v) is 18.5. The van der Waals surface area contributed by atoms with Gasteiger partial charge >= 0.3 is 5.97 Å². The number of amides is 1. The number of carbonyl (C=O) groups is 2. The number of methoxy groups -OCH3 is 2. The third-order valence-corrected chi connectivity index (χ3v) is 5.63. The molecule has 0 radical (unpaired) electrons. The highest BCUT2D eigenvalue weighted by Gasteiger charge is 2.17. The molecule has 8 heteroatoms. The molecule has 0 bridgehead atoms. The monoisotopic (exact) mass is 428 g/mol. The molecule has 3 rings (SSSR count). The molecule has 2 aromatic carbocycles. The van der Waals surface area contributed by atoms with Crippen LogP contribution in [0.1, 0.15) is 28.4 Å². The van der Waals surface area contributed by atoms with Crippen LogP contribution in [-0.4, -0.2) is 37.3 Å². The third-order valence-electron chi connectivity index (χ3n) is 4.59. The van der Waals surface area contributed by atoms with Gasteiger partial charge < -0.3 is 18.8 Å². The molecule has 3 aromatic rings. The number of aryl methyl sites for hydroxylation is 2. The highest BCUT2D eigenvalue weighted by atomic mass is 32.1. The van der Waals surface area contributed by atoms with Crippen LogP contribution in [0.15, 0.2) is 35.3 Å². The second-order valence-electron chi connectivity index (χ2n) is 6.69. The van der Waals surface area contributed by atoms with Gasteiger partial charge in [0.2, 0.25) is 0 Å². The van der Waals surface area contributed by atoms with Crippen molar-refractivity contribution in [2.75, 3.05) is 20.8 Å². The van der Waals surface area contributed by atoms with Crippen LogP contribution in [0.3, 0.4) is 0 Å². The number of hydrogen-bond donors (Lipinski definition) is 0. The van der Waals surface area contributed by atoms with Gasteiger partial charge in [0.15, 0.2) is 16.3 Å². The van der Waals surface area contributed by atoms with Crippen molar-refractivity contribution in [2.45, 2.75) is 27.3 Å². The van der Waals surface area contributed by atoms with Gasteiger partial charge in [0.25, 0.3) is 5.91 Å². The average Bonchev–Trinajstić information content (AvgIpc) is 3.02. The van der Waals surface area contributed by atoms with Crippen LogP contribution in [-0.2, 0) is 16.1 Å². The van der Waals surface area contributed by atoms with E-state index in [1.807, 2.05) is 26.0 Å². The van der Waals surface area contributed by atoms with E-state index in [9.17, 15) is 9.59 Å². The number of ether oxygens (including phenoxy) is 3. The molecule has 0 aliphatic rings. The number of thiazole rings is 1. The van der Waals surface area contributed by atoms with Gasteiger partial charge in [0.05, 0.1) is 31.0 Å². The summed E-state index contributed by atoms with van der Waals surface area (Å²) in [7, 11) is 3.10. The number of hydrogen-bond acceptors (Lipinski definition) is 6. The predicted octanol–water partition coefficient (Wildman–Crippen LogP) is 3.64. The van der Waals surface area contributed by atoms with Gasteiger partial charge in [-0.15, -0.1) is 0 Å². The van der Waals surface area contributed by atoms with E-state index in [2.05, 4.69) is 4.99 Å². The first-order valence-corrected chi connectivity index (χ1v) is 10.3. The Labute approximate surface area is 178 Å². The molecular weight excluding hydrogens is 404 g/mol. The molecule has 1 heterocycles. The number of nitrogens with zero attached hydrogens (tertiary/aromatic N) is 2. The van der Waals surface area contributed by atoms with Gasteiger partial charge in [0, 0.05) is 17.7 Å². The lowest BCUT2D eigenvalue weighted by Gasteiger charge is -2.09. The molecular formula is C22H24N2O5S. The van der Waals surface area contributed by atoms with E-state index in [4.69, 9.17) is 14.2 Å². The van der Waals surface area contributed by atoms with Gasteiger partial charge in [-0.05, 0) is 32.4 Å². The summed E-state index contributed by atoms with van der Waals surface area (Å²) in [4.78, 5) is 29.8. The molecule has 0 N–H and O–H groups in total. The Morgan fingerprint density at radius 3 is 2.40 bits per heavy atom. The van der Waals surface area contributed by atoms with Crippen LogP contribution in [0.25, 0.3) is 10.2 Å². The standard InChI is InChI=1S/C22H24N2O5S/c1-6-29-20(25)12-24-16-10-17(27-4)18(28-5)11-19(16)30-22(24)23-21(26)15-8-7-13(2)9-14(15)3/h7-11H,6,12H2,1-5H3. The number of rotatable bonds is 6. The number of benzene rings is 2. The van der Waals surface area contributed by atoms with Gasteiger partial charge in [-0.2, -0.15) is 4.99 Å². The third kappa shape index (κ3) is 4.38. The minimum atomic E-state index is -0.410. The Bertz CT molecular complexity index is 1180. The second-order valence-corrected chi connectivity index (χ2v) is 7.70. The Hall–Kier alpha value is -3.13. The maximum Gasteiger partial charge on any atom is 0.326 e. The number of fused-ring (bicyclic) bond motifs is 1. The van der Waals surface area contributed by atoms with Gasteiger partial charge in [-0.3, -0.25) is 9.59 Å². The maximum absolute atomic E-state index is 12.9. The maximum atomic E-state index is 12.9. The minimum absolute atomic E-state index is 0.0671. The van der Waals surface area contributed by atoms with Gasteiger partial charge in [-0.25, -0.2) is 0 Å². The highest BCUT2D eigenvalue weighted by Crippen LogP contribution is 2.33. The van der Waals surface area contributed by atoms with E-state index in [0.29, 0.717) is 27.4 Å². The van der Waals surface area contributed by atoms with Gasteiger partial charge in [0.1, 0.15) is 6.54 Å². The van der Waals surface area contributed by atoms with Crippen molar-refractivity contribution < 1.29 is 23.8 Å². The number of aromatic nitrogens is 1. The lowest BCUT2D eigenvalue weighted by molar-refractivity contribution is -0.143. The van der Waals surface area contributed by atoms with Crippen LogP contribution < -0.4 is 14.3 Å². The smallest absolute Gasteiger partial charge is 0.326 e. The van der Waals surface area contributed by atoms with E-state index in [1.165, 1.54) is 11.3 Å². The second kappa shape index (κ2) is 9.13. The molecule has 0 saturated carbocycles. The summed E-state index contributed by atoms with van der Waals surface area (Å²) >= 11 is 1.30. The molecule has 1 aromatic heterocycles. The quantitative estimate of drug-likeness (QED) is 0.560. The van der Waals surface area contributed by atoms with Crippen molar-refractivity contribution in [2.24, 2.45) is 4.99 Å². The Morgan fingerprint density at radius 1 is 1.07 bits per heavy atom. The fourth-order valence-corrected chi connectivity index (χ4v) is 4.21. The Balaban J connectivity index is 2.19. The molecule has 0 fully saturated rings. The van der Waals surface area contributed by atoms with Crippen LogP contribution in [0.5, 0.6) is 11.5 Å². The van der Waals surface area contributed by atoms with E-state index in [0.717, 1.165) is 15.8 Å². The van der Waals surface area contributed by atoms with Crippen molar-refractivity contribution >= 4 is 33.4 Å². The van der Waals surface area contributed by atoms with Crippen molar-refractivity contribution in [3.05, 3.63) is 51.8 Å². The van der Waals surface area contributed by atoms with Gasteiger partial charge in [-0.1, -0.05) is 29.0 Å². The predicted molar refractivity (Wildman–Crippen MR) is 115 cm³/mol. The summed E-state index contributed by atoms with van der Waals surface area (Å²) < 4.78 is 18.3. The fourth-order valence-electron chi connectivity index (χ4n) is 3.17. The summed E-state index contributed by atoms with van der Waals surface area (Å²) in [5, 5.41) is 0. The van der Waals surface area contributed by atoms with Crippen LogP contribution >= 0.6 is 11.3 Å². The highest BCUT2D eigenvalue weighted by molar-refractivity contribution is 7.16. The molecule has 30 heavy (non-hydrogen) atoms. The summed E-state index contributed by atoms with van der Waals surface area (Å²) in [5.41, 5.74) is 3.15. The Morgan fingerprint density at radius 2 is 1.77 bits per heavy atom. The van der Waals surface area contributed by atoms with E-state index >= 15 is 0 Å². The summed E-state index contributed by atoms with van der Waals surface area (Å²) in [6.07, 6.45) is 0. The Kier molecular flexibility index (Phi) is 6.56. The van der Waals surface area contributed by atoms with E-state index in [1.54, 1.807) is 43.9 Å². The average molecular weight is 429 g/mol. The zero-order valence-electron chi connectivity index (χ0n) is 17.6. The normalized spacial score (nSPS) is 11.6. The molecule has 0 aliphatic heterocycles. The molecule has 0 atom stereocenters. The first kappa shape index (κ1) is 21.6. The molecule has 0 unspecified atom stereocenters. The summed E-state index contributed by atoms with van der Waals surface area (Å²) in [6, 6.07) is 9.16. The molecule has 0 spiro atoms. The van der Waals surface area contributed by atoms with Crippen LogP contribution in [0.4, 0.5) is 0 Å². The lowest BCUT2D eigenvalue weighted by Crippen LogP contribution is -2.23. The molecule has 0 aliphatic carbocycles. The van der Waals surface area contributed by atoms with E-state index < -0.39 is 5.97 Å². The zero-order chi connectivity index (χ0) is 21.8. The number of carbonyl (C=O) groups excluding carboxylic acids is 2. The lowest BCUT2D eigenvalue weighted by atomic mass is 10.1. The first-order chi connectivity index (χ1) is 14.4. The molecule has 1 amide bonds. The van der Waals surface area contributed by atoms with Crippen molar-refractivity contribution in [1.29, 1.82) is 0 Å². The van der Waals surface area contributed by atoms with Crippen molar-refractivity contribution in [3.8, 4) is 11.5 Å². The van der Waals surface area contributed by atoms with Crippen molar-refractivity contribution in [1.82, 2.24) is 4.57 Å². The fraction of sp³-hybridized carbons (Fsp3) is 0.318. The largest absolute Gasteiger partial charge is 0.493 e. The van der Waals surface area contributed by atoms with Crippen molar-refractivity contribution in [3.63, 3.8) is 0 Å². The van der Waals surface area contributed by atoms with E-state index in [-0.39, 0.29) is 19.1 Å². The summed E-state index contributed by atoms with van der Waals surface area (Å²) in [6.45, 7) is 5.80. The summed E-state index contributed by atoms with van der Waals surface area (Å²) in [5.74, 6) is 0.303. The topological polar surface area (TPSA) is 79.1 Å².